The van der Waals surface area contributed by atoms with Gasteiger partial charge in [0.2, 0.25) is 11.7 Å². The number of Topliss-reactive ketones (excluding diaryl/α,β-unsaturated/α-hetero) is 1. The summed E-state index contributed by atoms with van der Waals surface area (Å²) in [6.07, 6.45) is 0.451. The average Bonchev–Trinajstić information content (AvgIpc) is 3.29. The molecule has 0 atom stereocenters. The predicted molar refractivity (Wildman–Crippen MR) is 129 cm³/mol. The van der Waals surface area contributed by atoms with Crippen LogP contribution >= 0.6 is 23.4 Å². The number of ketones is 1. The molecule has 9 nitrogen and oxygen atoms in total. The second kappa shape index (κ2) is 10.7. The molecule has 11 heteroatoms. The minimum absolute atomic E-state index is 0.0376. The summed E-state index contributed by atoms with van der Waals surface area (Å²) in [5.74, 6) is 0.00853. The maximum atomic E-state index is 13.1. The Bertz CT molecular complexity index is 1330. The van der Waals surface area contributed by atoms with Crippen molar-refractivity contribution in [3.8, 4) is 0 Å². The topological polar surface area (TPSA) is 124 Å². The molecule has 34 heavy (non-hydrogen) atoms. The number of carbonyl (C=O) groups excluding carboxylic acids is 1. The third-order valence-electron chi connectivity index (χ3n) is 4.50. The summed E-state index contributed by atoms with van der Waals surface area (Å²) in [5.41, 5.74) is 4.53. The van der Waals surface area contributed by atoms with Crippen molar-refractivity contribution in [3.05, 3.63) is 111 Å². The van der Waals surface area contributed by atoms with Gasteiger partial charge in [-0.2, -0.15) is 5.10 Å². The van der Waals surface area contributed by atoms with Crippen LogP contribution in [0.25, 0.3) is 0 Å². The van der Waals surface area contributed by atoms with Gasteiger partial charge in [0.15, 0.2) is 5.04 Å². The highest BCUT2D eigenvalue weighted by molar-refractivity contribution is 8.15. The van der Waals surface area contributed by atoms with Crippen molar-refractivity contribution in [1.82, 2.24) is 10.2 Å². The van der Waals surface area contributed by atoms with Crippen molar-refractivity contribution in [2.45, 2.75) is 11.6 Å². The summed E-state index contributed by atoms with van der Waals surface area (Å²) in [5, 5.41) is 23.8. The van der Waals surface area contributed by atoms with Crippen molar-refractivity contribution in [3.63, 3.8) is 0 Å². The zero-order valence-corrected chi connectivity index (χ0v) is 19.0. The summed E-state index contributed by atoms with van der Waals surface area (Å²) in [6, 6.07) is 21.7. The molecule has 0 aliphatic carbocycles. The first-order valence-electron chi connectivity index (χ1n) is 9.90. The van der Waals surface area contributed by atoms with E-state index in [1.807, 2.05) is 30.3 Å². The third kappa shape index (κ3) is 6.06. The van der Waals surface area contributed by atoms with E-state index in [2.05, 4.69) is 20.7 Å². The molecule has 0 amide bonds. The quantitative estimate of drug-likeness (QED) is 0.0837. The van der Waals surface area contributed by atoms with Gasteiger partial charge in [-0.25, -0.2) is 0 Å². The fraction of sp³-hybridized carbons (Fsp3) is 0.0435. The SMILES string of the molecule is O=C(/C(=N\Nc1ccc([N+](=O)[O-])cc1)Sc1nnc(Cc2ccccc2)o1)c1ccc(Cl)cc1. The molecule has 0 bridgehead atoms. The lowest BCUT2D eigenvalue weighted by molar-refractivity contribution is -0.384. The van der Waals surface area contributed by atoms with E-state index in [1.54, 1.807) is 24.3 Å². The molecule has 0 aliphatic heterocycles. The molecule has 4 rings (SSSR count). The van der Waals surface area contributed by atoms with Crippen molar-refractivity contribution in [2.75, 3.05) is 5.43 Å². The van der Waals surface area contributed by atoms with Crippen molar-refractivity contribution in [2.24, 2.45) is 5.10 Å². The van der Waals surface area contributed by atoms with Crippen LogP contribution in [0, 0.1) is 10.1 Å². The lowest BCUT2D eigenvalue weighted by Crippen LogP contribution is -2.13. The van der Waals surface area contributed by atoms with Crippen molar-refractivity contribution < 1.29 is 14.1 Å². The lowest BCUT2D eigenvalue weighted by atomic mass is 10.1. The van der Waals surface area contributed by atoms with E-state index in [-0.39, 0.29) is 21.7 Å². The highest BCUT2D eigenvalue weighted by Gasteiger charge is 2.20. The van der Waals surface area contributed by atoms with Gasteiger partial charge in [0.25, 0.3) is 10.9 Å². The zero-order chi connectivity index (χ0) is 23.9. The number of carbonyl (C=O) groups is 1. The summed E-state index contributed by atoms with van der Waals surface area (Å²) in [4.78, 5) is 23.5. The maximum Gasteiger partial charge on any atom is 0.283 e. The van der Waals surface area contributed by atoms with Crippen LogP contribution in [-0.2, 0) is 6.42 Å². The smallest absolute Gasteiger partial charge is 0.283 e. The Kier molecular flexibility index (Phi) is 7.31. The van der Waals surface area contributed by atoms with Gasteiger partial charge in [-0.1, -0.05) is 41.9 Å². The van der Waals surface area contributed by atoms with E-state index >= 15 is 0 Å². The molecule has 1 heterocycles. The number of aromatic nitrogens is 2. The van der Waals surface area contributed by atoms with Gasteiger partial charge in [0, 0.05) is 22.7 Å². The summed E-state index contributed by atoms with van der Waals surface area (Å²) < 4.78 is 5.70. The Labute approximate surface area is 203 Å². The van der Waals surface area contributed by atoms with Crippen LogP contribution in [0.5, 0.6) is 0 Å². The molecule has 170 valence electrons. The first-order chi connectivity index (χ1) is 16.5. The van der Waals surface area contributed by atoms with E-state index in [0.717, 1.165) is 17.3 Å². The predicted octanol–water partition coefficient (Wildman–Crippen LogP) is 5.62. The Morgan fingerprint density at radius 3 is 2.41 bits per heavy atom. The van der Waals surface area contributed by atoms with Crippen LogP contribution < -0.4 is 5.43 Å². The highest BCUT2D eigenvalue weighted by Crippen LogP contribution is 2.23. The van der Waals surface area contributed by atoms with Crippen LogP contribution in [0.15, 0.2) is 93.6 Å². The molecule has 0 saturated carbocycles. The molecule has 3 aromatic carbocycles. The minimum Gasteiger partial charge on any atom is -0.415 e. The number of nitrogens with one attached hydrogen (secondary N) is 1. The van der Waals surface area contributed by atoms with Crippen molar-refractivity contribution >= 4 is 45.6 Å². The molecule has 1 aromatic heterocycles. The molecule has 0 fully saturated rings. The molecule has 0 spiro atoms. The van der Waals surface area contributed by atoms with Gasteiger partial charge < -0.3 is 4.42 Å². The number of halogens is 1. The number of hydrogen-bond acceptors (Lipinski definition) is 9. The second-order valence-electron chi connectivity index (χ2n) is 6.89. The Balaban J connectivity index is 1.55. The molecule has 0 aliphatic rings. The van der Waals surface area contributed by atoms with Gasteiger partial charge in [-0.05, 0) is 53.7 Å². The zero-order valence-electron chi connectivity index (χ0n) is 17.4. The number of hydrogen-bond donors (Lipinski definition) is 1. The maximum absolute atomic E-state index is 13.1. The molecule has 0 saturated heterocycles. The number of anilines is 1. The number of nitrogens with zero attached hydrogens (tertiary/aromatic N) is 4. The standard InChI is InChI=1S/C23H16ClN5O4S/c24-17-8-6-16(7-9-17)21(30)22(27-25-18-10-12-19(13-11-18)29(31)32)34-23-28-26-20(33-23)14-15-4-2-1-3-5-15/h1-13,25H,14H2/b27-22+. The van der Waals surface area contributed by atoms with E-state index in [9.17, 15) is 14.9 Å². The lowest BCUT2D eigenvalue weighted by Gasteiger charge is -2.05. The van der Waals surface area contributed by atoms with Crippen LogP contribution in [0.2, 0.25) is 5.02 Å². The molecule has 0 radical (unpaired) electrons. The second-order valence-corrected chi connectivity index (χ2v) is 8.27. The number of nitro groups is 1. The number of nitro benzene ring substituents is 1. The van der Waals surface area contributed by atoms with E-state index < -0.39 is 4.92 Å². The largest absolute Gasteiger partial charge is 0.415 e. The number of rotatable bonds is 8. The number of hydrazone groups is 1. The van der Waals surface area contributed by atoms with Gasteiger partial charge in [-0.3, -0.25) is 20.3 Å². The van der Waals surface area contributed by atoms with Crippen LogP contribution in [0.1, 0.15) is 21.8 Å². The average molecular weight is 494 g/mol. The number of thioether (sulfide) groups is 1. The fourth-order valence-electron chi connectivity index (χ4n) is 2.82. The van der Waals surface area contributed by atoms with Crippen LogP contribution in [0.4, 0.5) is 11.4 Å². The normalized spacial score (nSPS) is 11.3. The van der Waals surface area contributed by atoms with Gasteiger partial charge in [-0.15, -0.1) is 10.2 Å². The molecule has 4 aromatic rings. The fourth-order valence-corrected chi connectivity index (χ4v) is 3.63. The van der Waals surface area contributed by atoms with E-state index in [0.29, 0.717) is 28.6 Å². The van der Waals surface area contributed by atoms with Gasteiger partial charge >= 0.3 is 0 Å². The summed E-state index contributed by atoms with van der Waals surface area (Å²) >= 11 is 6.84. The van der Waals surface area contributed by atoms with Crippen molar-refractivity contribution in [1.29, 1.82) is 0 Å². The summed E-state index contributed by atoms with van der Waals surface area (Å²) in [6.45, 7) is 0. The van der Waals surface area contributed by atoms with Crippen LogP contribution in [-0.4, -0.2) is 25.9 Å². The summed E-state index contributed by atoms with van der Waals surface area (Å²) in [7, 11) is 0. The number of benzene rings is 3. The molecule has 0 unspecified atom stereocenters. The first-order valence-corrected chi connectivity index (χ1v) is 11.1. The Hall–Kier alpha value is -4.02. The van der Waals surface area contributed by atoms with E-state index in [1.165, 1.54) is 24.3 Å². The monoisotopic (exact) mass is 493 g/mol. The molecule has 1 N–H and O–H groups in total. The van der Waals surface area contributed by atoms with Gasteiger partial charge in [0.05, 0.1) is 17.0 Å². The molecular weight excluding hydrogens is 478 g/mol. The van der Waals surface area contributed by atoms with Gasteiger partial charge in [0.1, 0.15) is 0 Å². The third-order valence-corrected chi connectivity index (χ3v) is 5.56. The molecular formula is C23H16ClN5O4S. The Morgan fingerprint density at radius 2 is 1.74 bits per heavy atom. The highest BCUT2D eigenvalue weighted by atomic mass is 35.5. The van der Waals surface area contributed by atoms with Crippen LogP contribution in [0.3, 0.4) is 0 Å². The Morgan fingerprint density at radius 1 is 1.03 bits per heavy atom. The minimum atomic E-state index is -0.499. The first kappa shape index (κ1) is 23.1. The van der Waals surface area contributed by atoms with E-state index in [4.69, 9.17) is 16.0 Å². The number of non-ortho nitro benzene ring substituents is 1.